The lowest BCUT2D eigenvalue weighted by molar-refractivity contribution is -0.137. The van der Waals surface area contributed by atoms with Gasteiger partial charge in [0.25, 0.3) is 5.91 Å². The van der Waals surface area contributed by atoms with Crippen LogP contribution in [0.4, 0.5) is 18.9 Å². The van der Waals surface area contributed by atoms with Gasteiger partial charge in [-0.3, -0.25) is 4.79 Å². The first-order valence-electron chi connectivity index (χ1n) is 6.44. The van der Waals surface area contributed by atoms with Crippen molar-refractivity contribution < 1.29 is 18.0 Å². The smallest absolute Gasteiger partial charge is 0.321 e. The third kappa shape index (κ3) is 3.14. The molecule has 0 radical (unpaired) electrons. The average Bonchev–Trinajstić information content (AvgIpc) is 2.95. The molecule has 0 aliphatic rings. The van der Waals surface area contributed by atoms with Crippen LogP contribution in [0.1, 0.15) is 15.9 Å². The van der Waals surface area contributed by atoms with Crippen molar-refractivity contribution in [2.45, 2.75) is 6.18 Å². The second kappa shape index (κ2) is 5.58. The zero-order chi connectivity index (χ0) is 16.6. The number of imidazole rings is 1. The SMILES string of the molecule is O=C(Nc1cc(C(F)(F)F)ccc1Cl)c1ccn2cncc2c1. The molecule has 0 unspecified atom stereocenters. The van der Waals surface area contributed by atoms with Gasteiger partial charge in [-0.25, -0.2) is 4.98 Å². The molecule has 3 rings (SSSR count). The third-order valence-electron chi connectivity index (χ3n) is 3.22. The van der Waals surface area contributed by atoms with Crippen LogP contribution in [0.25, 0.3) is 5.52 Å². The van der Waals surface area contributed by atoms with Crippen LogP contribution in [-0.4, -0.2) is 15.3 Å². The minimum Gasteiger partial charge on any atom is -0.321 e. The van der Waals surface area contributed by atoms with E-state index in [0.717, 1.165) is 18.2 Å². The molecule has 23 heavy (non-hydrogen) atoms. The van der Waals surface area contributed by atoms with Crippen molar-refractivity contribution in [1.82, 2.24) is 9.38 Å². The maximum Gasteiger partial charge on any atom is 0.416 e. The maximum atomic E-state index is 12.7. The topological polar surface area (TPSA) is 46.4 Å². The van der Waals surface area contributed by atoms with Crippen molar-refractivity contribution in [3.05, 3.63) is 65.2 Å². The van der Waals surface area contributed by atoms with Crippen molar-refractivity contribution in [3.8, 4) is 0 Å². The number of carbonyl (C=O) groups excluding carboxylic acids is 1. The monoisotopic (exact) mass is 339 g/mol. The van der Waals surface area contributed by atoms with Crippen molar-refractivity contribution in [2.24, 2.45) is 0 Å². The second-order valence-corrected chi connectivity index (χ2v) is 5.19. The Kier molecular flexibility index (Phi) is 3.73. The third-order valence-corrected chi connectivity index (χ3v) is 3.55. The summed E-state index contributed by atoms with van der Waals surface area (Å²) in [5, 5.41) is 2.42. The number of halogens is 4. The summed E-state index contributed by atoms with van der Waals surface area (Å²) in [6.07, 6.45) is 0.250. The Morgan fingerprint density at radius 2 is 2.00 bits per heavy atom. The first-order valence-corrected chi connectivity index (χ1v) is 6.82. The highest BCUT2D eigenvalue weighted by Gasteiger charge is 2.31. The van der Waals surface area contributed by atoms with Crippen molar-refractivity contribution >= 4 is 28.7 Å². The quantitative estimate of drug-likeness (QED) is 0.758. The maximum absolute atomic E-state index is 12.7. The molecule has 4 nitrogen and oxygen atoms in total. The average molecular weight is 340 g/mol. The summed E-state index contributed by atoms with van der Waals surface area (Å²) in [5.74, 6) is -0.560. The fourth-order valence-corrected chi connectivity index (χ4v) is 2.22. The Balaban J connectivity index is 1.90. The molecule has 0 atom stereocenters. The molecule has 3 aromatic rings. The number of fused-ring (bicyclic) bond motifs is 1. The molecule has 0 saturated heterocycles. The predicted molar refractivity (Wildman–Crippen MR) is 79.6 cm³/mol. The van der Waals surface area contributed by atoms with Crippen LogP contribution in [0, 0.1) is 0 Å². The lowest BCUT2D eigenvalue weighted by Crippen LogP contribution is -2.14. The highest BCUT2D eigenvalue weighted by atomic mass is 35.5. The van der Waals surface area contributed by atoms with Gasteiger partial charge in [0.1, 0.15) is 0 Å². The molecule has 0 saturated carbocycles. The van der Waals surface area contributed by atoms with Gasteiger partial charge in [-0.1, -0.05) is 11.6 Å². The van der Waals surface area contributed by atoms with E-state index in [1.165, 1.54) is 6.07 Å². The molecule has 118 valence electrons. The number of nitrogens with one attached hydrogen (secondary N) is 1. The molecule has 1 aromatic carbocycles. The largest absolute Gasteiger partial charge is 0.416 e. The van der Waals surface area contributed by atoms with E-state index in [2.05, 4.69) is 10.3 Å². The number of nitrogens with zero attached hydrogens (tertiary/aromatic N) is 2. The summed E-state index contributed by atoms with van der Waals surface area (Å²) in [5.41, 5.74) is -0.0115. The molecule has 0 fully saturated rings. The molecule has 0 spiro atoms. The van der Waals surface area contributed by atoms with Crippen LogP contribution >= 0.6 is 11.6 Å². The van der Waals surface area contributed by atoms with E-state index in [4.69, 9.17) is 11.6 Å². The van der Waals surface area contributed by atoms with Gasteiger partial charge in [-0.05, 0) is 30.3 Å². The molecule has 1 amide bonds. The minimum absolute atomic E-state index is 0.0248. The van der Waals surface area contributed by atoms with Gasteiger partial charge in [-0.2, -0.15) is 13.2 Å². The predicted octanol–water partition coefficient (Wildman–Crippen LogP) is 4.26. The molecule has 0 aliphatic carbocycles. The number of hydrogen-bond acceptors (Lipinski definition) is 2. The zero-order valence-electron chi connectivity index (χ0n) is 11.4. The summed E-state index contributed by atoms with van der Waals surface area (Å²) < 4.78 is 39.9. The lowest BCUT2D eigenvalue weighted by atomic mass is 10.1. The van der Waals surface area contributed by atoms with Crippen molar-refractivity contribution in [2.75, 3.05) is 5.32 Å². The van der Waals surface area contributed by atoms with E-state index >= 15 is 0 Å². The van der Waals surface area contributed by atoms with Gasteiger partial charge in [0.2, 0.25) is 0 Å². The van der Waals surface area contributed by atoms with Gasteiger partial charge in [0.15, 0.2) is 0 Å². The van der Waals surface area contributed by atoms with Crippen LogP contribution < -0.4 is 5.32 Å². The zero-order valence-corrected chi connectivity index (χ0v) is 12.2. The van der Waals surface area contributed by atoms with Gasteiger partial charge in [0.05, 0.1) is 34.3 Å². The van der Waals surface area contributed by atoms with E-state index in [1.807, 2.05) is 0 Å². The highest BCUT2D eigenvalue weighted by molar-refractivity contribution is 6.34. The van der Waals surface area contributed by atoms with Gasteiger partial charge in [-0.15, -0.1) is 0 Å². The van der Waals surface area contributed by atoms with Gasteiger partial charge >= 0.3 is 6.18 Å². The number of rotatable bonds is 2. The van der Waals surface area contributed by atoms with E-state index in [1.54, 1.807) is 29.2 Å². The summed E-state index contributed by atoms with van der Waals surface area (Å²) in [4.78, 5) is 16.1. The molecule has 1 N–H and O–H groups in total. The molecular formula is C15H9ClF3N3O. The van der Waals surface area contributed by atoms with E-state index < -0.39 is 17.6 Å². The Bertz CT molecular complexity index is 889. The van der Waals surface area contributed by atoms with Crippen LogP contribution in [-0.2, 0) is 6.18 Å². The summed E-state index contributed by atoms with van der Waals surface area (Å²) in [6.45, 7) is 0. The summed E-state index contributed by atoms with van der Waals surface area (Å²) >= 11 is 5.86. The number of alkyl halides is 3. The number of anilines is 1. The second-order valence-electron chi connectivity index (χ2n) is 4.79. The molecule has 2 heterocycles. The molecular weight excluding hydrogens is 331 g/mol. The van der Waals surface area contributed by atoms with Gasteiger partial charge in [0, 0.05) is 11.8 Å². The molecule has 8 heteroatoms. The molecule has 0 aliphatic heterocycles. The number of hydrogen-bond donors (Lipinski definition) is 1. The standard InChI is InChI=1S/C15H9ClF3N3O/c16-12-2-1-10(15(17,18)19)6-13(12)21-14(23)9-3-4-22-8-20-7-11(22)5-9/h1-8H,(H,21,23). The number of amides is 1. The number of aromatic nitrogens is 2. The Hall–Kier alpha value is -2.54. The van der Waals surface area contributed by atoms with Crippen molar-refractivity contribution in [3.63, 3.8) is 0 Å². The van der Waals surface area contributed by atoms with Crippen LogP contribution in [0.5, 0.6) is 0 Å². The lowest BCUT2D eigenvalue weighted by Gasteiger charge is -2.11. The van der Waals surface area contributed by atoms with E-state index in [9.17, 15) is 18.0 Å². The van der Waals surface area contributed by atoms with E-state index in [0.29, 0.717) is 5.52 Å². The highest BCUT2D eigenvalue weighted by Crippen LogP contribution is 2.34. The molecule has 2 aromatic heterocycles. The van der Waals surface area contributed by atoms with Crippen LogP contribution in [0.2, 0.25) is 5.02 Å². The first-order chi connectivity index (χ1) is 10.8. The Labute approximate surface area is 133 Å². The number of carbonyl (C=O) groups is 1. The van der Waals surface area contributed by atoms with Crippen LogP contribution in [0.3, 0.4) is 0 Å². The normalized spacial score (nSPS) is 11.7. The molecule has 0 bridgehead atoms. The Morgan fingerprint density at radius 3 is 2.74 bits per heavy atom. The number of benzene rings is 1. The summed E-state index contributed by atoms with van der Waals surface area (Å²) in [7, 11) is 0. The minimum atomic E-state index is -4.51. The fraction of sp³-hybridized carbons (Fsp3) is 0.0667. The first kappa shape index (κ1) is 15.4. The Morgan fingerprint density at radius 1 is 1.22 bits per heavy atom. The van der Waals surface area contributed by atoms with Crippen LogP contribution in [0.15, 0.2) is 49.1 Å². The fourth-order valence-electron chi connectivity index (χ4n) is 2.05. The van der Waals surface area contributed by atoms with E-state index in [-0.39, 0.29) is 16.3 Å². The number of pyridine rings is 1. The van der Waals surface area contributed by atoms with Gasteiger partial charge < -0.3 is 9.72 Å². The van der Waals surface area contributed by atoms with Crippen molar-refractivity contribution in [1.29, 1.82) is 0 Å². The summed E-state index contributed by atoms with van der Waals surface area (Å²) in [6, 6.07) is 5.86.